The van der Waals surface area contributed by atoms with E-state index in [9.17, 15) is 0 Å². The molecule has 0 saturated carbocycles. The smallest absolute Gasteiger partial charge is 0.111 e. The molecule has 1 saturated heterocycles. The van der Waals surface area contributed by atoms with Crippen molar-refractivity contribution >= 4 is 0 Å². The Kier molecular flexibility index (Phi) is 6.69. The summed E-state index contributed by atoms with van der Waals surface area (Å²) in [6.07, 6.45) is 10.6. The van der Waals surface area contributed by atoms with Crippen molar-refractivity contribution in [2.45, 2.75) is 58.4 Å². The molecule has 0 aliphatic carbocycles. The van der Waals surface area contributed by atoms with Gasteiger partial charge in [0.1, 0.15) is 5.82 Å². The third-order valence-electron chi connectivity index (χ3n) is 5.53. The van der Waals surface area contributed by atoms with Gasteiger partial charge >= 0.3 is 0 Å². The van der Waals surface area contributed by atoms with Crippen LogP contribution < -0.4 is 0 Å². The first-order valence-corrected chi connectivity index (χ1v) is 9.99. The summed E-state index contributed by atoms with van der Waals surface area (Å²) in [6.45, 7) is 9.40. The molecule has 3 heteroatoms. The second-order valence-corrected chi connectivity index (χ2v) is 7.80. The van der Waals surface area contributed by atoms with E-state index < -0.39 is 0 Å². The van der Waals surface area contributed by atoms with Gasteiger partial charge in [-0.2, -0.15) is 0 Å². The first-order valence-electron chi connectivity index (χ1n) is 9.99. The van der Waals surface area contributed by atoms with Gasteiger partial charge < -0.3 is 9.47 Å². The van der Waals surface area contributed by atoms with Gasteiger partial charge in [0.2, 0.25) is 0 Å². The van der Waals surface area contributed by atoms with Crippen LogP contribution in [0, 0.1) is 5.92 Å². The number of likely N-dealkylation sites (tertiary alicyclic amines) is 1. The van der Waals surface area contributed by atoms with Crippen LogP contribution in [0.4, 0.5) is 0 Å². The fourth-order valence-electron chi connectivity index (χ4n) is 3.98. The monoisotopic (exact) mass is 339 g/mol. The van der Waals surface area contributed by atoms with Crippen molar-refractivity contribution < 1.29 is 0 Å². The number of aromatic nitrogens is 2. The van der Waals surface area contributed by atoms with E-state index in [0.29, 0.717) is 5.92 Å². The van der Waals surface area contributed by atoms with E-state index in [-0.39, 0.29) is 0 Å². The van der Waals surface area contributed by atoms with Gasteiger partial charge in [0, 0.05) is 24.9 Å². The molecular formula is C22H33N3. The average molecular weight is 340 g/mol. The van der Waals surface area contributed by atoms with Crippen LogP contribution in [0.15, 0.2) is 42.7 Å². The van der Waals surface area contributed by atoms with Crippen LogP contribution in [0.5, 0.6) is 0 Å². The summed E-state index contributed by atoms with van der Waals surface area (Å²) in [7, 11) is 0. The summed E-state index contributed by atoms with van der Waals surface area (Å²) in [5, 5.41) is 0. The Hall–Kier alpha value is -1.61. The van der Waals surface area contributed by atoms with Crippen molar-refractivity contribution in [2.75, 3.05) is 19.6 Å². The van der Waals surface area contributed by atoms with Crippen LogP contribution in [-0.4, -0.2) is 34.1 Å². The molecule has 0 spiro atoms. The number of rotatable bonds is 8. The van der Waals surface area contributed by atoms with Gasteiger partial charge in [-0.15, -0.1) is 0 Å². The van der Waals surface area contributed by atoms with Crippen molar-refractivity contribution in [1.82, 2.24) is 14.5 Å². The minimum Gasteiger partial charge on any atom is -0.335 e. The lowest BCUT2D eigenvalue weighted by Gasteiger charge is -2.32. The zero-order valence-corrected chi connectivity index (χ0v) is 15.9. The van der Waals surface area contributed by atoms with Crippen molar-refractivity contribution in [1.29, 1.82) is 0 Å². The Morgan fingerprint density at radius 3 is 2.56 bits per heavy atom. The fraction of sp³-hybridized carbons (Fsp3) is 0.591. The highest BCUT2D eigenvalue weighted by Gasteiger charge is 2.19. The molecule has 0 bridgehead atoms. The zero-order chi connectivity index (χ0) is 17.5. The topological polar surface area (TPSA) is 21.1 Å². The number of benzene rings is 1. The summed E-state index contributed by atoms with van der Waals surface area (Å²) < 4.78 is 2.36. The molecule has 136 valence electrons. The van der Waals surface area contributed by atoms with E-state index in [1.165, 1.54) is 63.1 Å². The van der Waals surface area contributed by atoms with Crippen molar-refractivity contribution in [3.63, 3.8) is 0 Å². The molecule has 3 rings (SSSR count). The summed E-state index contributed by atoms with van der Waals surface area (Å²) in [4.78, 5) is 7.17. The molecule has 0 N–H and O–H groups in total. The van der Waals surface area contributed by atoms with Crippen LogP contribution in [0.3, 0.4) is 0 Å². The molecule has 0 amide bonds. The second-order valence-electron chi connectivity index (χ2n) is 7.80. The first kappa shape index (κ1) is 18.2. The van der Waals surface area contributed by atoms with Gasteiger partial charge in [0.25, 0.3) is 0 Å². The summed E-state index contributed by atoms with van der Waals surface area (Å²) in [5.74, 6) is 2.63. The molecule has 1 aromatic heterocycles. The maximum Gasteiger partial charge on any atom is 0.111 e. The Labute approximate surface area is 153 Å². The molecule has 1 aromatic carbocycles. The van der Waals surface area contributed by atoms with Gasteiger partial charge in [0.15, 0.2) is 0 Å². The molecule has 0 radical (unpaired) electrons. The predicted molar refractivity (Wildman–Crippen MR) is 105 cm³/mol. The van der Waals surface area contributed by atoms with Crippen LogP contribution in [0.2, 0.25) is 0 Å². The van der Waals surface area contributed by atoms with Gasteiger partial charge in [-0.1, -0.05) is 44.2 Å². The number of aryl methyl sites for hydroxylation is 2. The Morgan fingerprint density at radius 1 is 1.08 bits per heavy atom. The Balaban J connectivity index is 1.34. The molecule has 1 aliphatic rings. The van der Waals surface area contributed by atoms with Crippen LogP contribution in [-0.2, 0) is 13.0 Å². The first-order chi connectivity index (χ1) is 12.2. The maximum atomic E-state index is 4.50. The Bertz CT molecular complexity index is 609. The molecule has 25 heavy (non-hydrogen) atoms. The van der Waals surface area contributed by atoms with Gasteiger partial charge in [-0.25, -0.2) is 4.98 Å². The summed E-state index contributed by atoms with van der Waals surface area (Å²) >= 11 is 0. The van der Waals surface area contributed by atoms with Crippen LogP contribution >= 0.6 is 0 Å². The third kappa shape index (κ3) is 5.43. The van der Waals surface area contributed by atoms with Crippen LogP contribution in [0.25, 0.3) is 0 Å². The van der Waals surface area contributed by atoms with Crippen molar-refractivity contribution in [3.8, 4) is 0 Å². The van der Waals surface area contributed by atoms with Gasteiger partial charge in [0.05, 0.1) is 0 Å². The fourth-order valence-corrected chi connectivity index (χ4v) is 3.98. The van der Waals surface area contributed by atoms with E-state index in [1.54, 1.807) is 0 Å². The molecule has 1 fully saturated rings. The zero-order valence-electron chi connectivity index (χ0n) is 15.9. The number of imidazole rings is 1. The van der Waals surface area contributed by atoms with Gasteiger partial charge in [-0.05, 0) is 63.2 Å². The van der Waals surface area contributed by atoms with E-state index in [0.717, 1.165) is 12.5 Å². The van der Waals surface area contributed by atoms with E-state index in [1.807, 2.05) is 6.20 Å². The standard InChI is InChI=1S/C22H33N3/c1-19(2)22-23-13-18-25(22)17-12-21-10-15-24(16-11-21)14-6-9-20-7-4-3-5-8-20/h3-5,7-8,13,18-19,21H,6,9-12,14-17H2,1-2H3. The Morgan fingerprint density at radius 2 is 1.84 bits per heavy atom. The third-order valence-corrected chi connectivity index (χ3v) is 5.53. The lowest BCUT2D eigenvalue weighted by atomic mass is 9.93. The van der Waals surface area contributed by atoms with Gasteiger partial charge in [-0.3, -0.25) is 0 Å². The highest BCUT2D eigenvalue weighted by molar-refractivity contribution is 5.14. The number of nitrogens with zero attached hydrogens (tertiary/aromatic N) is 3. The molecule has 1 aliphatic heterocycles. The minimum absolute atomic E-state index is 0.515. The lowest BCUT2D eigenvalue weighted by molar-refractivity contribution is 0.174. The normalized spacial score (nSPS) is 16.6. The largest absolute Gasteiger partial charge is 0.335 e. The number of hydrogen-bond donors (Lipinski definition) is 0. The number of hydrogen-bond acceptors (Lipinski definition) is 2. The summed E-state index contributed by atoms with van der Waals surface area (Å²) in [5.41, 5.74) is 1.47. The van der Waals surface area contributed by atoms with E-state index in [2.05, 4.69) is 64.8 Å². The molecule has 0 atom stereocenters. The van der Waals surface area contributed by atoms with Crippen molar-refractivity contribution in [3.05, 3.63) is 54.1 Å². The SMILES string of the molecule is CC(C)c1nccn1CCC1CCN(CCCc2ccccc2)CC1. The van der Waals surface area contributed by atoms with E-state index >= 15 is 0 Å². The number of piperidine rings is 1. The van der Waals surface area contributed by atoms with Crippen molar-refractivity contribution in [2.24, 2.45) is 5.92 Å². The minimum atomic E-state index is 0.515. The van der Waals surface area contributed by atoms with E-state index in [4.69, 9.17) is 0 Å². The highest BCUT2D eigenvalue weighted by Crippen LogP contribution is 2.22. The predicted octanol–water partition coefficient (Wildman–Crippen LogP) is 4.74. The van der Waals surface area contributed by atoms with Crippen LogP contribution in [0.1, 0.15) is 56.8 Å². The lowest BCUT2D eigenvalue weighted by Crippen LogP contribution is -2.34. The molecule has 2 aromatic rings. The summed E-state index contributed by atoms with van der Waals surface area (Å²) in [6, 6.07) is 10.9. The molecule has 0 unspecified atom stereocenters. The molecule has 2 heterocycles. The quantitative estimate of drug-likeness (QED) is 0.692. The average Bonchev–Trinajstić information content (AvgIpc) is 3.11. The molecular weight excluding hydrogens is 306 g/mol. The second kappa shape index (κ2) is 9.19. The highest BCUT2D eigenvalue weighted by atomic mass is 15.1. The maximum absolute atomic E-state index is 4.50. The molecule has 3 nitrogen and oxygen atoms in total.